The van der Waals surface area contributed by atoms with E-state index in [0.717, 1.165) is 12.1 Å². The average Bonchev–Trinajstić information content (AvgIpc) is 2.91. The number of nitrogens with zero attached hydrogens (tertiary/aromatic N) is 2. The van der Waals surface area contributed by atoms with E-state index in [1.54, 1.807) is 21.7 Å². The van der Waals surface area contributed by atoms with Crippen molar-refractivity contribution in [2.45, 2.75) is 18.8 Å². The Morgan fingerprint density at radius 3 is 2.64 bits per heavy atom. The molecule has 2 aromatic rings. The summed E-state index contributed by atoms with van der Waals surface area (Å²) in [7, 11) is 0. The molecule has 2 heterocycles. The Morgan fingerprint density at radius 1 is 1.28 bits per heavy atom. The van der Waals surface area contributed by atoms with E-state index >= 15 is 0 Å². The molecule has 1 aromatic heterocycles. The monoisotopic (exact) mass is 351 g/mol. The van der Waals surface area contributed by atoms with E-state index in [2.05, 4.69) is 11.9 Å². The van der Waals surface area contributed by atoms with E-state index in [9.17, 15) is 22.8 Å². The van der Waals surface area contributed by atoms with Crippen LogP contribution in [0.25, 0.3) is 10.9 Å². The standard InChI is InChI=1S/C17H16F3N3O2/c1-2-16(25)23-8-13(9-23)21-15(24)10-22-6-5-11-7-12(17(18,19)20)3-4-14(11)22/h2-7,13H,1,8-10H2,(H,21,24). The Balaban J connectivity index is 1.62. The van der Waals surface area contributed by atoms with Gasteiger partial charge in [-0.2, -0.15) is 13.2 Å². The topological polar surface area (TPSA) is 54.3 Å². The normalized spacial score (nSPS) is 15.1. The number of rotatable bonds is 4. The van der Waals surface area contributed by atoms with Gasteiger partial charge in [0, 0.05) is 30.2 Å². The summed E-state index contributed by atoms with van der Waals surface area (Å²) in [6, 6.07) is 4.86. The van der Waals surface area contributed by atoms with Gasteiger partial charge in [-0.15, -0.1) is 0 Å². The Labute approximate surface area is 141 Å². The van der Waals surface area contributed by atoms with Crippen LogP contribution in [0.5, 0.6) is 0 Å². The zero-order valence-corrected chi connectivity index (χ0v) is 13.2. The van der Waals surface area contributed by atoms with E-state index < -0.39 is 11.7 Å². The minimum atomic E-state index is -4.40. The highest BCUT2D eigenvalue weighted by Crippen LogP contribution is 2.31. The summed E-state index contributed by atoms with van der Waals surface area (Å²) in [5.41, 5.74) is -0.163. The van der Waals surface area contributed by atoms with Gasteiger partial charge in [0.15, 0.2) is 0 Å². The number of benzene rings is 1. The van der Waals surface area contributed by atoms with Crippen molar-refractivity contribution in [3.63, 3.8) is 0 Å². The molecule has 132 valence electrons. The highest BCUT2D eigenvalue weighted by Gasteiger charge is 2.31. The first-order valence-corrected chi connectivity index (χ1v) is 7.64. The van der Waals surface area contributed by atoms with Crippen LogP contribution in [0.1, 0.15) is 5.56 Å². The van der Waals surface area contributed by atoms with E-state index in [1.807, 2.05) is 0 Å². The average molecular weight is 351 g/mol. The predicted octanol–water partition coefficient (Wildman–Crippen LogP) is 2.17. The molecule has 0 aliphatic carbocycles. The molecule has 0 radical (unpaired) electrons. The van der Waals surface area contributed by atoms with Crippen LogP contribution >= 0.6 is 0 Å². The van der Waals surface area contributed by atoms with Gasteiger partial charge in [-0.05, 0) is 30.3 Å². The van der Waals surface area contributed by atoms with Crippen molar-refractivity contribution in [3.05, 3.63) is 48.7 Å². The molecule has 1 aliphatic heterocycles. The maximum atomic E-state index is 12.7. The lowest BCUT2D eigenvalue weighted by Crippen LogP contribution is -2.61. The van der Waals surface area contributed by atoms with Crippen molar-refractivity contribution in [2.75, 3.05) is 13.1 Å². The van der Waals surface area contributed by atoms with Gasteiger partial charge in [-0.25, -0.2) is 0 Å². The second-order valence-corrected chi connectivity index (χ2v) is 5.93. The molecular weight excluding hydrogens is 335 g/mol. The van der Waals surface area contributed by atoms with Gasteiger partial charge < -0.3 is 14.8 Å². The second kappa shape index (κ2) is 6.27. The Morgan fingerprint density at radius 2 is 2.00 bits per heavy atom. The van der Waals surface area contributed by atoms with Crippen LogP contribution in [-0.2, 0) is 22.3 Å². The predicted molar refractivity (Wildman–Crippen MR) is 85.6 cm³/mol. The smallest absolute Gasteiger partial charge is 0.348 e. The molecule has 0 bridgehead atoms. The number of fused-ring (bicyclic) bond motifs is 1. The third-order valence-corrected chi connectivity index (χ3v) is 4.15. The fourth-order valence-electron chi connectivity index (χ4n) is 2.82. The molecule has 1 N–H and O–H groups in total. The Kier molecular flexibility index (Phi) is 4.28. The van der Waals surface area contributed by atoms with Gasteiger partial charge >= 0.3 is 6.18 Å². The first kappa shape index (κ1) is 17.1. The molecule has 1 aromatic carbocycles. The molecular formula is C17H16F3N3O2. The number of alkyl halides is 3. The summed E-state index contributed by atoms with van der Waals surface area (Å²) < 4.78 is 39.8. The molecule has 0 saturated carbocycles. The van der Waals surface area contributed by atoms with Gasteiger partial charge in [0.2, 0.25) is 11.8 Å². The summed E-state index contributed by atoms with van der Waals surface area (Å²) in [5, 5.41) is 3.22. The first-order chi connectivity index (χ1) is 11.8. The maximum absolute atomic E-state index is 12.7. The molecule has 25 heavy (non-hydrogen) atoms. The molecule has 8 heteroatoms. The van der Waals surface area contributed by atoms with Crippen molar-refractivity contribution in [2.24, 2.45) is 0 Å². The summed E-state index contributed by atoms with van der Waals surface area (Å²) >= 11 is 0. The van der Waals surface area contributed by atoms with Crippen LogP contribution in [0, 0.1) is 0 Å². The first-order valence-electron chi connectivity index (χ1n) is 7.64. The number of carbonyl (C=O) groups is 2. The van der Waals surface area contributed by atoms with Crippen molar-refractivity contribution < 1.29 is 22.8 Å². The number of nitrogens with one attached hydrogen (secondary N) is 1. The molecule has 2 amide bonds. The molecule has 1 fully saturated rings. The van der Waals surface area contributed by atoms with Crippen LogP contribution in [0.15, 0.2) is 43.1 Å². The third-order valence-electron chi connectivity index (χ3n) is 4.15. The van der Waals surface area contributed by atoms with E-state index in [0.29, 0.717) is 24.0 Å². The molecule has 5 nitrogen and oxygen atoms in total. The quantitative estimate of drug-likeness (QED) is 0.859. The fourth-order valence-corrected chi connectivity index (χ4v) is 2.82. The zero-order chi connectivity index (χ0) is 18.2. The lowest BCUT2D eigenvalue weighted by atomic mass is 10.1. The van der Waals surface area contributed by atoms with Gasteiger partial charge in [-0.3, -0.25) is 9.59 Å². The number of halogens is 3. The van der Waals surface area contributed by atoms with E-state index in [1.165, 1.54) is 12.1 Å². The van der Waals surface area contributed by atoms with Crippen molar-refractivity contribution in [1.29, 1.82) is 0 Å². The Bertz CT molecular complexity index is 835. The molecule has 1 saturated heterocycles. The minimum absolute atomic E-state index is 0.000763. The van der Waals surface area contributed by atoms with Crippen molar-refractivity contribution in [3.8, 4) is 0 Å². The lowest BCUT2D eigenvalue weighted by molar-refractivity contribution is -0.137. The largest absolute Gasteiger partial charge is 0.416 e. The van der Waals surface area contributed by atoms with Crippen molar-refractivity contribution in [1.82, 2.24) is 14.8 Å². The lowest BCUT2D eigenvalue weighted by Gasteiger charge is -2.38. The van der Waals surface area contributed by atoms with Gasteiger partial charge in [0.25, 0.3) is 0 Å². The number of amides is 2. The van der Waals surface area contributed by atoms with Crippen LogP contribution < -0.4 is 5.32 Å². The molecule has 0 spiro atoms. The summed E-state index contributed by atoms with van der Waals surface area (Å²) in [4.78, 5) is 25.0. The highest BCUT2D eigenvalue weighted by molar-refractivity contribution is 5.88. The zero-order valence-electron chi connectivity index (χ0n) is 13.2. The van der Waals surface area contributed by atoms with E-state index in [4.69, 9.17) is 0 Å². The Hall–Kier alpha value is -2.77. The van der Waals surface area contributed by atoms with Gasteiger partial charge in [-0.1, -0.05) is 6.58 Å². The molecule has 3 rings (SSSR count). The van der Waals surface area contributed by atoms with Gasteiger partial charge in [0.05, 0.1) is 11.6 Å². The number of hydrogen-bond acceptors (Lipinski definition) is 2. The van der Waals surface area contributed by atoms with Crippen LogP contribution in [0.3, 0.4) is 0 Å². The SMILES string of the molecule is C=CC(=O)N1CC(NC(=O)Cn2ccc3cc(C(F)(F)F)ccc32)C1. The molecule has 0 unspecified atom stereocenters. The summed E-state index contributed by atoms with van der Waals surface area (Å²) in [6.45, 7) is 4.26. The molecule has 0 atom stereocenters. The van der Waals surface area contributed by atoms with Crippen molar-refractivity contribution >= 4 is 22.7 Å². The maximum Gasteiger partial charge on any atom is 0.416 e. The number of hydrogen-bond donors (Lipinski definition) is 1. The van der Waals surface area contributed by atoms with Gasteiger partial charge in [0.1, 0.15) is 6.54 Å². The van der Waals surface area contributed by atoms with Crippen LogP contribution in [-0.4, -0.2) is 40.4 Å². The molecule has 1 aliphatic rings. The van der Waals surface area contributed by atoms with Crippen LogP contribution in [0.4, 0.5) is 13.2 Å². The van der Waals surface area contributed by atoms with Crippen LogP contribution in [0.2, 0.25) is 0 Å². The third kappa shape index (κ3) is 3.52. The number of likely N-dealkylation sites (tertiary alicyclic amines) is 1. The fraction of sp³-hybridized carbons (Fsp3) is 0.294. The minimum Gasteiger partial charge on any atom is -0.348 e. The summed E-state index contributed by atoms with van der Waals surface area (Å²) in [6.07, 6.45) is -1.59. The second-order valence-electron chi connectivity index (χ2n) is 5.93. The number of carbonyl (C=O) groups excluding carboxylic acids is 2. The number of aromatic nitrogens is 1. The highest BCUT2D eigenvalue weighted by atomic mass is 19.4. The van der Waals surface area contributed by atoms with E-state index in [-0.39, 0.29) is 24.4 Å². The summed E-state index contributed by atoms with van der Waals surface area (Å²) in [5.74, 6) is -0.435.